The number of aromatic nitrogens is 1. The number of nitrogens with zero attached hydrogens (tertiary/aromatic N) is 1. The predicted octanol–water partition coefficient (Wildman–Crippen LogP) is 3.61. The third kappa shape index (κ3) is 2.89. The molecular formula is C9H7BrClF2NO2. The molecule has 16 heavy (non-hydrogen) atoms. The van der Waals surface area contributed by atoms with Gasteiger partial charge in [-0.05, 0) is 28.9 Å². The lowest BCUT2D eigenvalue weighted by Gasteiger charge is -2.07. The molecule has 7 heteroatoms. The van der Waals surface area contributed by atoms with Crippen LogP contribution in [0, 0.1) is 0 Å². The second-order valence-electron chi connectivity index (χ2n) is 2.71. The first-order valence-corrected chi connectivity index (χ1v) is 5.45. The summed E-state index contributed by atoms with van der Waals surface area (Å²) in [7, 11) is 0. The molecular weight excluding hydrogens is 307 g/mol. The lowest BCUT2D eigenvalue weighted by molar-refractivity contribution is 0.0525. The van der Waals surface area contributed by atoms with Crippen molar-refractivity contribution >= 4 is 33.5 Å². The second kappa shape index (κ2) is 5.54. The van der Waals surface area contributed by atoms with E-state index in [1.54, 1.807) is 6.92 Å². The monoisotopic (exact) mass is 313 g/mol. The van der Waals surface area contributed by atoms with Gasteiger partial charge < -0.3 is 4.74 Å². The standard InChI is InChI=1S/C9H7BrClF2NO2/c1-2-16-9(15)4-3-5(10)6(8(12)13)14-7(4)11/h3,8H,2H2,1H3. The molecule has 0 radical (unpaired) electrons. The number of ether oxygens (including phenoxy) is 1. The van der Waals surface area contributed by atoms with Crippen molar-refractivity contribution in [3.8, 4) is 0 Å². The van der Waals surface area contributed by atoms with Gasteiger partial charge in [-0.15, -0.1) is 0 Å². The Bertz CT molecular complexity index is 415. The van der Waals surface area contributed by atoms with E-state index in [1.807, 2.05) is 0 Å². The highest BCUT2D eigenvalue weighted by molar-refractivity contribution is 9.10. The third-order valence-electron chi connectivity index (χ3n) is 1.66. The first kappa shape index (κ1) is 13.3. The second-order valence-corrected chi connectivity index (χ2v) is 3.93. The van der Waals surface area contributed by atoms with Crippen LogP contribution in [0.3, 0.4) is 0 Å². The molecule has 0 aliphatic heterocycles. The molecule has 0 amide bonds. The van der Waals surface area contributed by atoms with Crippen molar-refractivity contribution in [2.24, 2.45) is 0 Å². The quantitative estimate of drug-likeness (QED) is 0.632. The van der Waals surface area contributed by atoms with Gasteiger partial charge >= 0.3 is 5.97 Å². The first-order chi connectivity index (χ1) is 7.47. The van der Waals surface area contributed by atoms with E-state index in [2.05, 4.69) is 20.9 Å². The molecule has 1 rings (SSSR count). The summed E-state index contributed by atoms with van der Waals surface area (Å²) >= 11 is 8.50. The van der Waals surface area contributed by atoms with Gasteiger partial charge in [0.25, 0.3) is 6.43 Å². The third-order valence-corrected chi connectivity index (χ3v) is 2.58. The summed E-state index contributed by atoms with van der Waals surface area (Å²) in [6, 6.07) is 1.18. The lowest BCUT2D eigenvalue weighted by atomic mass is 10.2. The summed E-state index contributed by atoms with van der Waals surface area (Å²) in [6.45, 7) is 1.80. The molecule has 0 aliphatic carbocycles. The molecule has 0 fully saturated rings. The van der Waals surface area contributed by atoms with E-state index in [-0.39, 0.29) is 21.8 Å². The van der Waals surface area contributed by atoms with E-state index in [0.29, 0.717) is 0 Å². The number of carbonyl (C=O) groups is 1. The van der Waals surface area contributed by atoms with E-state index < -0.39 is 18.1 Å². The highest BCUT2D eigenvalue weighted by atomic mass is 79.9. The van der Waals surface area contributed by atoms with Crippen LogP contribution in [-0.4, -0.2) is 17.6 Å². The van der Waals surface area contributed by atoms with Crippen LogP contribution in [0.4, 0.5) is 8.78 Å². The maximum atomic E-state index is 12.4. The number of pyridine rings is 1. The van der Waals surface area contributed by atoms with Crippen LogP contribution < -0.4 is 0 Å². The number of alkyl halides is 2. The summed E-state index contributed by atoms with van der Waals surface area (Å²) in [4.78, 5) is 14.8. The highest BCUT2D eigenvalue weighted by Gasteiger charge is 2.20. The molecule has 3 nitrogen and oxygen atoms in total. The molecule has 0 N–H and O–H groups in total. The Morgan fingerprint density at radius 3 is 2.81 bits per heavy atom. The van der Waals surface area contributed by atoms with Crippen LogP contribution in [0.25, 0.3) is 0 Å². The Balaban J connectivity index is 3.15. The Hall–Kier alpha value is -0.750. The molecule has 0 atom stereocenters. The lowest BCUT2D eigenvalue weighted by Crippen LogP contribution is -2.08. The van der Waals surface area contributed by atoms with Gasteiger partial charge in [-0.3, -0.25) is 0 Å². The van der Waals surface area contributed by atoms with E-state index in [9.17, 15) is 13.6 Å². The Kier molecular flexibility index (Phi) is 4.61. The Morgan fingerprint density at radius 2 is 2.31 bits per heavy atom. The highest BCUT2D eigenvalue weighted by Crippen LogP contribution is 2.29. The first-order valence-electron chi connectivity index (χ1n) is 4.28. The van der Waals surface area contributed by atoms with E-state index in [0.717, 1.165) is 0 Å². The van der Waals surface area contributed by atoms with E-state index in [4.69, 9.17) is 16.3 Å². The summed E-state index contributed by atoms with van der Waals surface area (Å²) in [6.07, 6.45) is -2.76. The van der Waals surface area contributed by atoms with Crippen LogP contribution >= 0.6 is 27.5 Å². The molecule has 0 saturated heterocycles. The van der Waals surface area contributed by atoms with E-state index in [1.165, 1.54) is 6.07 Å². The minimum atomic E-state index is -2.76. The average molecular weight is 315 g/mol. The number of esters is 1. The molecule has 0 bridgehead atoms. The minimum Gasteiger partial charge on any atom is -0.462 e. The summed E-state index contributed by atoms with van der Waals surface area (Å²) in [5.74, 6) is -0.693. The zero-order valence-corrected chi connectivity index (χ0v) is 10.5. The van der Waals surface area contributed by atoms with Gasteiger partial charge in [-0.1, -0.05) is 11.6 Å². The van der Waals surface area contributed by atoms with Crippen molar-refractivity contribution in [3.63, 3.8) is 0 Å². The van der Waals surface area contributed by atoms with Gasteiger partial charge in [0.15, 0.2) is 0 Å². The van der Waals surface area contributed by atoms with Gasteiger partial charge in [-0.25, -0.2) is 18.6 Å². The largest absolute Gasteiger partial charge is 0.462 e. The van der Waals surface area contributed by atoms with Gasteiger partial charge in [0.05, 0.1) is 12.2 Å². The Morgan fingerprint density at radius 1 is 1.69 bits per heavy atom. The molecule has 0 unspecified atom stereocenters. The predicted molar refractivity (Wildman–Crippen MR) is 57.9 cm³/mol. The summed E-state index contributed by atoms with van der Waals surface area (Å²) in [5, 5.41) is -0.294. The molecule has 0 saturated carbocycles. The molecule has 0 spiro atoms. The molecule has 1 aromatic rings. The SMILES string of the molecule is CCOC(=O)c1cc(Br)c(C(F)F)nc1Cl. The number of rotatable bonds is 3. The van der Waals surface area contributed by atoms with Gasteiger partial charge in [-0.2, -0.15) is 0 Å². The zero-order valence-electron chi connectivity index (χ0n) is 8.14. The van der Waals surface area contributed by atoms with Gasteiger partial charge in [0.2, 0.25) is 0 Å². The van der Waals surface area contributed by atoms with Gasteiger partial charge in [0, 0.05) is 4.47 Å². The fourth-order valence-corrected chi connectivity index (χ4v) is 1.70. The van der Waals surface area contributed by atoms with Crippen molar-refractivity contribution < 1.29 is 18.3 Å². The molecule has 1 heterocycles. The summed E-state index contributed by atoms with van der Waals surface area (Å²) < 4.78 is 29.6. The maximum absolute atomic E-state index is 12.4. The average Bonchev–Trinajstić information content (AvgIpc) is 2.20. The normalized spacial score (nSPS) is 10.6. The van der Waals surface area contributed by atoms with Crippen molar-refractivity contribution in [2.45, 2.75) is 13.3 Å². The van der Waals surface area contributed by atoms with Crippen molar-refractivity contribution in [1.29, 1.82) is 0 Å². The van der Waals surface area contributed by atoms with Crippen molar-refractivity contribution in [1.82, 2.24) is 4.98 Å². The molecule has 0 aromatic carbocycles. The number of halogens is 4. The fourth-order valence-electron chi connectivity index (χ4n) is 0.985. The number of carbonyl (C=O) groups excluding carboxylic acids is 1. The maximum Gasteiger partial charge on any atom is 0.341 e. The van der Waals surface area contributed by atoms with Crippen LogP contribution in [0.1, 0.15) is 29.4 Å². The van der Waals surface area contributed by atoms with Crippen LogP contribution in [0.5, 0.6) is 0 Å². The number of hydrogen-bond donors (Lipinski definition) is 0. The van der Waals surface area contributed by atoms with Crippen LogP contribution in [-0.2, 0) is 4.74 Å². The molecule has 1 aromatic heterocycles. The molecule has 88 valence electrons. The van der Waals surface area contributed by atoms with Crippen LogP contribution in [0.15, 0.2) is 10.5 Å². The topological polar surface area (TPSA) is 39.2 Å². The van der Waals surface area contributed by atoms with Crippen LogP contribution in [0.2, 0.25) is 5.15 Å². The fraction of sp³-hybridized carbons (Fsp3) is 0.333. The van der Waals surface area contributed by atoms with Crippen molar-refractivity contribution in [3.05, 3.63) is 26.9 Å². The van der Waals surface area contributed by atoms with Gasteiger partial charge in [0.1, 0.15) is 10.8 Å². The molecule has 0 aliphatic rings. The van der Waals surface area contributed by atoms with Crippen molar-refractivity contribution in [2.75, 3.05) is 6.61 Å². The number of hydrogen-bond acceptors (Lipinski definition) is 3. The summed E-state index contributed by atoms with van der Waals surface area (Å²) in [5.41, 5.74) is -0.544. The minimum absolute atomic E-state index is 0.0231. The zero-order chi connectivity index (χ0) is 12.3. The van der Waals surface area contributed by atoms with E-state index >= 15 is 0 Å². The Labute approximate surface area is 104 Å². The smallest absolute Gasteiger partial charge is 0.341 e.